The molecule has 3 aromatic carbocycles. The van der Waals surface area contributed by atoms with E-state index in [1.54, 1.807) is 61.7 Å². The van der Waals surface area contributed by atoms with Crippen molar-refractivity contribution in [3.05, 3.63) is 89.0 Å². The number of benzene rings is 3. The molecule has 2 heterocycles. The lowest BCUT2D eigenvalue weighted by atomic mass is 9.95. The Labute approximate surface area is 221 Å². The molecule has 196 valence electrons. The highest BCUT2D eigenvalue weighted by Gasteiger charge is 2.46. The van der Waals surface area contributed by atoms with Crippen molar-refractivity contribution >= 4 is 17.4 Å². The van der Waals surface area contributed by atoms with Crippen LogP contribution in [0, 0.1) is 5.92 Å². The summed E-state index contributed by atoms with van der Waals surface area (Å²) in [6, 6.07) is 18.5. The summed E-state index contributed by atoms with van der Waals surface area (Å²) in [5, 5.41) is 11.4. The van der Waals surface area contributed by atoms with Gasteiger partial charge in [0.15, 0.2) is 11.5 Å². The van der Waals surface area contributed by atoms with Crippen LogP contribution in [-0.4, -0.2) is 42.2 Å². The average molecular weight is 516 g/mol. The number of hydrogen-bond donors (Lipinski definition) is 1. The number of amides is 1. The Morgan fingerprint density at radius 1 is 1.00 bits per heavy atom. The first-order valence-electron chi connectivity index (χ1n) is 12.4. The number of hydrogen-bond acceptors (Lipinski definition) is 7. The van der Waals surface area contributed by atoms with E-state index >= 15 is 0 Å². The van der Waals surface area contributed by atoms with E-state index in [4.69, 9.17) is 18.9 Å². The minimum atomic E-state index is -0.826. The summed E-state index contributed by atoms with van der Waals surface area (Å²) in [6.07, 6.45) is 0. The number of likely N-dealkylation sites (tertiary alicyclic amines) is 1. The SMILES string of the molecule is COc1cccc(C2/C(=C(\O)c3ccc(OCC(C)C)cc3)C(=O)C(=O)N2Cc2ccc3c(c2)OCO3)c1. The Balaban J connectivity index is 1.55. The van der Waals surface area contributed by atoms with E-state index in [-0.39, 0.29) is 24.7 Å². The van der Waals surface area contributed by atoms with Gasteiger partial charge in [-0.3, -0.25) is 9.59 Å². The molecule has 1 unspecified atom stereocenters. The third kappa shape index (κ3) is 4.89. The molecular weight excluding hydrogens is 486 g/mol. The zero-order valence-corrected chi connectivity index (χ0v) is 21.5. The van der Waals surface area contributed by atoms with Crippen molar-refractivity contribution in [3.8, 4) is 23.0 Å². The summed E-state index contributed by atoms with van der Waals surface area (Å²) >= 11 is 0. The largest absolute Gasteiger partial charge is 0.507 e. The third-order valence-corrected chi connectivity index (χ3v) is 6.45. The predicted octanol–water partition coefficient (Wildman–Crippen LogP) is 5.08. The van der Waals surface area contributed by atoms with E-state index in [0.717, 1.165) is 5.56 Å². The molecule has 1 fully saturated rings. The number of aliphatic hydroxyl groups excluding tert-OH is 1. The van der Waals surface area contributed by atoms with Crippen molar-refractivity contribution in [3.63, 3.8) is 0 Å². The Hall–Kier alpha value is -4.46. The van der Waals surface area contributed by atoms with E-state index in [9.17, 15) is 14.7 Å². The summed E-state index contributed by atoms with van der Waals surface area (Å²) < 4.78 is 22.0. The molecule has 3 aromatic rings. The molecule has 5 rings (SSSR count). The standard InChI is InChI=1S/C30H29NO7/c1-18(2)16-36-22-10-8-20(9-11-22)28(32)26-27(21-5-4-6-23(14-21)35-3)31(30(34)29(26)33)15-19-7-12-24-25(13-19)38-17-37-24/h4-14,18,27,32H,15-17H2,1-3H3/b28-26+. The maximum Gasteiger partial charge on any atom is 0.295 e. The Bertz CT molecular complexity index is 1390. The zero-order valence-electron chi connectivity index (χ0n) is 21.5. The van der Waals surface area contributed by atoms with Crippen LogP contribution >= 0.6 is 0 Å². The van der Waals surface area contributed by atoms with Crippen molar-refractivity contribution in [1.82, 2.24) is 4.90 Å². The van der Waals surface area contributed by atoms with E-state index in [2.05, 4.69) is 13.8 Å². The van der Waals surface area contributed by atoms with E-state index in [1.807, 2.05) is 12.1 Å². The van der Waals surface area contributed by atoms with Gasteiger partial charge in [0.2, 0.25) is 6.79 Å². The number of carbonyl (C=O) groups is 2. The lowest BCUT2D eigenvalue weighted by Crippen LogP contribution is -2.29. The predicted molar refractivity (Wildman–Crippen MR) is 140 cm³/mol. The fourth-order valence-corrected chi connectivity index (χ4v) is 4.56. The zero-order chi connectivity index (χ0) is 26.8. The second-order valence-electron chi connectivity index (χ2n) is 9.62. The Kier molecular flexibility index (Phi) is 6.96. The lowest BCUT2D eigenvalue weighted by Gasteiger charge is -2.26. The molecule has 0 spiro atoms. The number of methoxy groups -OCH3 is 1. The van der Waals surface area contributed by atoms with Gasteiger partial charge in [-0.05, 0) is 65.6 Å². The minimum absolute atomic E-state index is 0.0137. The summed E-state index contributed by atoms with van der Waals surface area (Å²) in [5.74, 6) is 1.10. The van der Waals surface area contributed by atoms with Crippen LogP contribution in [0.3, 0.4) is 0 Å². The first-order valence-corrected chi connectivity index (χ1v) is 12.4. The maximum atomic E-state index is 13.4. The normalized spacial score (nSPS) is 17.8. The number of ether oxygens (including phenoxy) is 4. The Morgan fingerprint density at radius 2 is 1.76 bits per heavy atom. The van der Waals surface area contributed by atoms with Gasteiger partial charge in [-0.25, -0.2) is 0 Å². The first kappa shape index (κ1) is 25.2. The summed E-state index contributed by atoms with van der Waals surface area (Å²) in [6.45, 7) is 4.94. The van der Waals surface area contributed by atoms with Crippen molar-refractivity contribution in [1.29, 1.82) is 0 Å². The highest BCUT2D eigenvalue weighted by molar-refractivity contribution is 6.46. The number of ketones is 1. The molecule has 2 aliphatic heterocycles. The van der Waals surface area contributed by atoms with Crippen LogP contribution in [0.4, 0.5) is 0 Å². The molecule has 0 aromatic heterocycles. The number of fused-ring (bicyclic) bond motifs is 1. The molecule has 2 aliphatic rings. The van der Waals surface area contributed by atoms with Gasteiger partial charge < -0.3 is 29.0 Å². The van der Waals surface area contributed by atoms with Crippen molar-refractivity contribution in [2.45, 2.75) is 26.4 Å². The van der Waals surface area contributed by atoms with Gasteiger partial charge in [-0.15, -0.1) is 0 Å². The first-order chi connectivity index (χ1) is 18.4. The van der Waals surface area contributed by atoms with Gasteiger partial charge in [0.25, 0.3) is 11.7 Å². The van der Waals surface area contributed by atoms with Crippen LogP contribution in [-0.2, 0) is 16.1 Å². The highest BCUT2D eigenvalue weighted by Crippen LogP contribution is 2.42. The summed E-state index contributed by atoms with van der Waals surface area (Å²) in [4.78, 5) is 28.2. The number of rotatable bonds is 8. The molecule has 0 aliphatic carbocycles. The number of Topliss-reactive ketones (excluding diaryl/α,β-unsaturated/α-hetero) is 1. The van der Waals surface area contributed by atoms with E-state index in [1.165, 1.54) is 4.90 Å². The maximum absolute atomic E-state index is 13.4. The molecule has 1 saturated heterocycles. The van der Waals surface area contributed by atoms with Gasteiger partial charge in [0, 0.05) is 12.1 Å². The molecule has 0 saturated carbocycles. The Morgan fingerprint density at radius 3 is 2.50 bits per heavy atom. The summed E-state index contributed by atoms with van der Waals surface area (Å²) in [7, 11) is 1.55. The molecule has 1 N–H and O–H groups in total. The van der Waals surface area contributed by atoms with Crippen molar-refractivity contribution < 1.29 is 33.6 Å². The third-order valence-electron chi connectivity index (χ3n) is 6.45. The second-order valence-corrected chi connectivity index (χ2v) is 9.62. The topological polar surface area (TPSA) is 94.5 Å². The highest BCUT2D eigenvalue weighted by atomic mass is 16.7. The van der Waals surface area contributed by atoms with Crippen LogP contribution in [0.25, 0.3) is 5.76 Å². The number of carbonyl (C=O) groups excluding carboxylic acids is 2. The minimum Gasteiger partial charge on any atom is -0.507 e. The van der Waals surface area contributed by atoms with Crippen LogP contribution in [0.5, 0.6) is 23.0 Å². The number of aliphatic hydroxyl groups is 1. The fourth-order valence-electron chi connectivity index (χ4n) is 4.56. The fraction of sp³-hybridized carbons (Fsp3) is 0.267. The average Bonchev–Trinajstić information content (AvgIpc) is 3.50. The van der Waals surface area contributed by atoms with Gasteiger partial charge in [-0.1, -0.05) is 32.0 Å². The van der Waals surface area contributed by atoms with E-state index in [0.29, 0.717) is 46.6 Å². The molecule has 0 radical (unpaired) electrons. The molecule has 38 heavy (non-hydrogen) atoms. The van der Waals surface area contributed by atoms with Crippen molar-refractivity contribution in [2.75, 3.05) is 20.5 Å². The van der Waals surface area contributed by atoms with Crippen LogP contribution in [0.1, 0.15) is 36.6 Å². The van der Waals surface area contributed by atoms with Crippen LogP contribution < -0.4 is 18.9 Å². The summed E-state index contributed by atoms with van der Waals surface area (Å²) in [5.41, 5.74) is 1.83. The van der Waals surface area contributed by atoms with Gasteiger partial charge >= 0.3 is 0 Å². The van der Waals surface area contributed by atoms with Gasteiger partial charge in [0.1, 0.15) is 17.3 Å². The molecule has 8 nitrogen and oxygen atoms in total. The smallest absolute Gasteiger partial charge is 0.295 e. The van der Waals surface area contributed by atoms with Crippen LogP contribution in [0.2, 0.25) is 0 Å². The molecule has 1 amide bonds. The lowest BCUT2D eigenvalue weighted by molar-refractivity contribution is -0.140. The monoisotopic (exact) mass is 515 g/mol. The van der Waals surface area contributed by atoms with Crippen LogP contribution in [0.15, 0.2) is 72.3 Å². The molecule has 0 bridgehead atoms. The molecular formula is C30H29NO7. The van der Waals surface area contributed by atoms with Crippen molar-refractivity contribution in [2.24, 2.45) is 5.92 Å². The van der Waals surface area contributed by atoms with Gasteiger partial charge in [-0.2, -0.15) is 0 Å². The number of nitrogens with zero attached hydrogens (tertiary/aromatic N) is 1. The quantitative estimate of drug-likeness (QED) is 0.254. The van der Waals surface area contributed by atoms with E-state index < -0.39 is 17.7 Å². The van der Waals surface area contributed by atoms with Gasteiger partial charge in [0.05, 0.1) is 25.3 Å². The second kappa shape index (κ2) is 10.5. The molecule has 8 heteroatoms. The molecule has 1 atom stereocenters.